The topological polar surface area (TPSA) is 58.8 Å². The number of ether oxygens (including phenoxy) is 1. The minimum atomic E-state index is -4.48. The second kappa shape index (κ2) is 9.33. The molecule has 2 atom stereocenters. The average Bonchev–Trinajstić information content (AvgIpc) is 2.75. The van der Waals surface area contributed by atoms with Gasteiger partial charge < -0.3 is 9.84 Å². The highest BCUT2D eigenvalue weighted by Gasteiger charge is 2.51. The number of aromatic nitrogens is 2. The van der Waals surface area contributed by atoms with Crippen molar-refractivity contribution in [2.45, 2.75) is 117 Å². The van der Waals surface area contributed by atoms with Crippen molar-refractivity contribution in [1.29, 1.82) is 0 Å². The van der Waals surface area contributed by atoms with Crippen LogP contribution >= 0.6 is 0 Å². The van der Waals surface area contributed by atoms with Gasteiger partial charge in [-0.15, -0.1) is 0 Å². The number of aliphatic hydroxyl groups is 3. The van der Waals surface area contributed by atoms with Gasteiger partial charge in [-0.2, -0.15) is 13.2 Å². The van der Waals surface area contributed by atoms with Crippen LogP contribution in [-0.4, -0.2) is 25.4 Å². The Kier molecular flexibility index (Phi) is 7.07. The molecule has 2 aliphatic rings. The van der Waals surface area contributed by atoms with Gasteiger partial charge in [0.2, 0.25) is 0 Å². The highest BCUT2D eigenvalue weighted by Crippen LogP contribution is 2.56. The van der Waals surface area contributed by atoms with Crippen molar-refractivity contribution in [3.05, 3.63) is 57.7 Å². The van der Waals surface area contributed by atoms with Crippen LogP contribution in [0.3, 0.4) is 0 Å². The molecule has 1 unspecified atom stereocenters. The number of alkyl halides is 3. The number of halogens is 3. The van der Waals surface area contributed by atoms with Crippen LogP contribution in [0.4, 0.5) is 13.2 Å². The van der Waals surface area contributed by atoms with Gasteiger partial charge in [0.1, 0.15) is 6.10 Å². The Balaban J connectivity index is 1.84. The Labute approximate surface area is 219 Å². The molecule has 2 N–H and O–H groups in total. The molecule has 2 aliphatic carbocycles. The number of fused-ring (bicyclic) bond motifs is 1. The summed E-state index contributed by atoms with van der Waals surface area (Å²) >= 11 is 0. The number of rotatable bonds is 5. The lowest BCUT2D eigenvalue weighted by molar-refractivity contribution is -0.268. The quantitative estimate of drug-likeness (QED) is 0.416. The Morgan fingerprint density at radius 1 is 1.08 bits per heavy atom. The zero-order valence-electron chi connectivity index (χ0n) is 23.4. The lowest BCUT2D eigenvalue weighted by Crippen LogP contribution is -2.47. The molecule has 37 heavy (non-hydrogen) atoms. The zero-order chi connectivity index (χ0) is 27.6. The van der Waals surface area contributed by atoms with E-state index >= 15 is 0 Å². The summed E-state index contributed by atoms with van der Waals surface area (Å²) in [6.45, 7) is 17.1. The average molecular weight is 520 g/mol. The highest BCUT2D eigenvalue weighted by atomic mass is 19.4. The molecule has 2 aromatic heterocycles. The fourth-order valence-corrected chi connectivity index (χ4v) is 5.76. The lowest BCUT2D eigenvalue weighted by atomic mass is 9.59. The third-order valence-corrected chi connectivity index (χ3v) is 9.09. The van der Waals surface area contributed by atoms with E-state index in [1.165, 1.54) is 25.3 Å². The Bertz CT molecular complexity index is 1140. The smallest absolute Gasteiger partial charge is 0.417 e. The molecule has 2 aromatic rings. The predicted octanol–water partition coefficient (Wildman–Crippen LogP) is 7.52. The van der Waals surface area contributed by atoms with Crippen molar-refractivity contribution in [1.82, 2.24) is 9.97 Å². The lowest BCUT2D eigenvalue weighted by Gasteiger charge is -2.49. The number of aliphatic hydroxyl groups excluding tert-OH is 1. The summed E-state index contributed by atoms with van der Waals surface area (Å²) in [6.07, 6.45) is 0.590. The molecule has 1 spiro atoms. The van der Waals surface area contributed by atoms with Crippen LogP contribution in [0.2, 0.25) is 0 Å². The maximum absolute atomic E-state index is 13.1. The molecule has 1 saturated carbocycles. The molecule has 7 heteroatoms. The fourth-order valence-electron chi connectivity index (χ4n) is 5.76. The van der Waals surface area contributed by atoms with Gasteiger partial charge in [0, 0.05) is 43.1 Å². The maximum atomic E-state index is 13.1. The predicted molar refractivity (Wildman–Crippen MR) is 139 cm³/mol. The first-order chi connectivity index (χ1) is 17.0. The first-order valence-corrected chi connectivity index (χ1v) is 13.4. The molecular formula is C30H42F3N2O2+. The van der Waals surface area contributed by atoms with E-state index in [9.17, 15) is 18.3 Å². The van der Waals surface area contributed by atoms with Crippen molar-refractivity contribution in [3.63, 3.8) is 0 Å². The van der Waals surface area contributed by atoms with E-state index in [4.69, 9.17) is 9.72 Å². The number of nitrogens with zero attached hydrogens (tertiary/aromatic N) is 2. The summed E-state index contributed by atoms with van der Waals surface area (Å²) in [4.78, 5) is 9.18. The van der Waals surface area contributed by atoms with Crippen LogP contribution in [0.1, 0.15) is 132 Å². The van der Waals surface area contributed by atoms with Gasteiger partial charge in [0.25, 0.3) is 0 Å². The van der Waals surface area contributed by atoms with Crippen LogP contribution in [0.15, 0.2) is 18.3 Å². The normalized spacial score (nSPS) is 20.6. The summed E-state index contributed by atoms with van der Waals surface area (Å²) < 4.78 is 44.7. The Morgan fingerprint density at radius 3 is 2.19 bits per heavy atom. The van der Waals surface area contributed by atoms with Crippen LogP contribution in [0.5, 0.6) is 0 Å². The molecular weight excluding hydrogens is 477 g/mol. The summed E-state index contributed by atoms with van der Waals surface area (Å²) in [5.41, 5.74) is 3.80. The Morgan fingerprint density at radius 2 is 1.73 bits per heavy atom. The van der Waals surface area contributed by atoms with Gasteiger partial charge in [-0.3, -0.25) is 9.97 Å². The van der Waals surface area contributed by atoms with Gasteiger partial charge in [0.15, 0.2) is 11.7 Å². The van der Waals surface area contributed by atoms with Crippen LogP contribution in [-0.2, 0) is 12.6 Å². The van der Waals surface area contributed by atoms with Crippen molar-refractivity contribution < 1.29 is 23.0 Å². The second-order valence-corrected chi connectivity index (χ2v) is 13.1. The molecule has 0 radical (unpaired) electrons. The minimum Gasteiger partial charge on any atom is -0.423 e. The number of pyridine rings is 2. The molecule has 0 aromatic carbocycles. The monoisotopic (exact) mass is 519 g/mol. The fraction of sp³-hybridized carbons (Fsp3) is 0.667. The summed E-state index contributed by atoms with van der Waals surface area (Å²) in [6, 6.07) is 2.25. The minimum absolute atomic E-state index is 0.0313. The summed E-state index contributed by atoms with van der Waals surface area (Å²) in [5.74, 6) is 0.0313. The van der Waals surface area contributed by atoms with Gasteiger partial charge in [-0.05, 0) is 55.2 Å². The summed E-state index contributed by atoms with van der Waals surface area (Å²) in [5, 5.41) is 11.5. The van der Waals surface area contributed by atoms with Gasteiger partial charge >= 0.3 is 6.18 Å². The first kappa shape index (κ1) is 28.0. The van der Waals surface area contributed by atoms with Gasteiger partial charge in [-0.25, -0.2) is 0 Å². The van der Waals surface area contributed by atoms with E-state index in [2.05, 4.69) is 39.6 Å². The molecule has 204 valence electrons. The van der Waals surface area contributed by atoms with Crippen molar-refractivity contribution in [3.8, 4) is 0 Å². The molecule has 2 heterocycles. The van der Waals surface area contributed by atoms with Crippen molar-refractivity contribution in [2.75, 3.05) is 0 Å². The van der Waals surface area contributed by atoms with Crippen molar-refractivity contribution >= 4 is 0 Å². The first-order valence-electron chi connectivity index (χ1n) is 13.4. The van der Waals surface area contributed by atoms with Gasteiger partial charge in [0.05, 0.1) is 22.5 Å². The molecule has 0 bridgehead atoms. The van der Waals surface area contributed by atoms with Crippen LogP contribution < -0.4 is 0 Å². The van der Waals surface area contributed by atoms with Crippen LogP contribution in [0, 0.1) is 17.8 Å². The third-order valence-electron chi connectivity index (χ3n) is 9.09. The van der Waals surface area contributed by atoms with E-state index in [-0.39, 0.29) is 34.1 Å². The van der Waals surface area contributed by atoms with E-state index in [1.54, 1.807) is 0 Å². The molecule has 0 amide bonds. The zero-order valence-corrected chi connectivity index (χ0v) is 23.4. The molecule has 0 saturated heterocycles. The van der Waals surface area contributed by atoms with Crippen molar-refractivity contribution in [2.24, 2.45) is 10.8 Å². The van der Waals surface area contributed by atoms with E-state index in [0.717, 1.165) is 47.6 Å². The van der Waals surface area contributed by atoms with Crippen LogP contribution in [0.25, 0.3) is 0 Å². The Hall–Kier alpha value is -1.99. The second-order valence-electron chi connectivity index (χ2n) is 13.1. The van der Waals surface area contributed by atoms with E-state index in [0.29, 0.717) is 5.56 Å². The number of hydrogen-bond donors (Lipinski definition) is 1. The standard InChI is InChI=1S/C30H41F3N2O2/c1-17(2)25-24(26(36)20-11-10-19(16-34-20)30(31,32)33)18(3)23-21(35-25)14-29(12-9-13-29)15-22(23)37-28(7,8)27(4,5)6/h10-11,16-17,22,26,36H,9,12-15H2,1-8H3/p+1/t22?,26-/m0/s1. The molecule has 4 rings (SSSR count). The highest BCUT2D eigenvalue weighted by molar-refractivity contribution is 5.47. The van der Waals surface area contributed by atoms with E-state index in [1.807, 2.05) is 20.8 Å². The number of hydrogen-bond acceptors (Lipinski definition) is 3. The molecule has 0 aliphatic heterocycles. The molecule has 4 nitrogen and oxygen atoms in total. The third kappa shape index (κ3) is 5.18. The summed E-state index contributed by atoms with van der Waals surface area (Å²) in [7, 11) is 0. The maximum Gasteiger partial charge on any atom is 0.417 e. The van der Waals surface area contributed by atoms with E-state index < -0.39 is 17.8 Å². The molecule has 1 fully saturated rings. The van der Waals surface area contributed by atoms with Gasteiger partial charge in [-0.1, -0.05) is 41.0 Å². The SMILES string of the molecule is Cc1c2c(nc(C(C)C)c1[C@@H](O)c1ccc(C(F)(F)F)cn1)CC1(CCC1)CC2[OH+]C(C)(C)C(C)(C)C. The largest absolute Gasteiger partial charge is 0.423 e.